The van der Waals surface area contributed by atoms with Gasteiger partial charge in [-0.25, -0.2) is 0 Å². The van der Waals surface area contributed by atoms with Crippen molar-refractivity contribution in [3.63, 3.8) is 0 Å². The number of carbonyl (C=O) groups is 2. The normalized spacial score (nSPS) is 19.3. The van der Waals surface area contributed by atoms with Crippen LogP contribution < -0.4 is 5.32 Å². The first-order chi connectivity index (χ1) is 12.6. The molecule has 0 aliphatic carbocycles. The summed E-state index contributed by atoms with van der Waals surface area (Å²) >= 11 is 0. The Morgan fingerprint density at radius 2 is 1.42 bits per heavy atom. The van der Waals surface area contributed by atoms with E-state index in [1.54, 1.807) is 4.90 Å². The number of piperazine rings is 1. The molecule has 0 saturated carbocycles. The van der Waals surface area contributed by atoms with Crippen LogP contribution in [0.15, 0.2) is 60.7 Å². The van der Waals surface area contributed by atoms with Crippen molar-refractivity contribution >= 4 is 11.8 Å². The van der Waals surface area contributed by atoms with E-state index >= 15 is 0 Å². The fraction of sp³-hybridized carbons (Fsp3) is 0.364. The maximum absolute atomic E-state index is 13.4. The smallest absolute Gasteiger partial charge is 0.249 e. The summed E-state index contributed by atoms with van der Waals surface area (Å²) in [5.41, 5.74) is 1.30. The zero-order valence-corrected chi connectivity index (χ0v) is 15.4. The van der Waals surface area contributed by atoms with Crippen molar-refractivity contribution in [3.05, 3.63) is 71.8 Å². The molecule has 0 bridgehead atoms. The first kappa shape index (κ1) is 18.2. The highest BCUT2D eigenvalue weighted by Gasteiger charge is 2.48. The first-order valence-electron chi connectivity index (χ1n) is 9.30. The fourth-order valence-electron chi connectivity index (χ4n) is 3.66. The van der Waals surface area contributed by atoms with E-state index in [-0.39, 0.29) is 11.8 Å². The second-order valence-corrected chi connectivity index (χ2v) is 6.90. The Labute approximate surface area is 155 Å². The summed E-state index contributed by atoms with van der Waals surface area (Å²) in [4.78, 5) is 28.1. The summed E-state index contributed by atoms with van der Waals surface area (Å²) in [5, 5.41) is 3.03. The first-order valence-corrected chi connectivity index (χ1v) is 9.30. The average molecular weight is 350 g/mol. The number of hydrogen-bond acceptors (Lipinski definition) is 2. The lowest BCUT2D eigenvalue weighted by Gasteiger charge is -2.45. The lowest BCUT2D eigenvalue weighted by molar-refractivity contribution is -0.156. The minimum absolute atomic E-state index is 0.0203. The SMILES string of the molecule is CCC1(CC)NC(=O)C(Cc2ccccc2)N(Cc2ccccc2)C1=O. The average Bonchev–Trinajstić information content (AvgIpc) is 2.69. The molecule has 4 heteroatoms. The van der Waals surface area contributed by atoms with Gasteiger partial charge in [-0.15, -0.1) is 0 Å². The lowest BCUT2D eigenvalue weighted by atomic mass is 9.85. The second-order valence-electron chi connectivity index (χ2n) is 6.90. The summed E-state index contributed by atoms with van der Waals surface area (Å²) < 4.78 is 0. The van der Waals surface area contributed by atoms with Crippen molar-refractivity contribution in [2.45, 2.75) is 51.2 Å². The van der Waals surface area contributed by atoms with Gasteiger partial charge >= 0.3 is 0 Å². The van der Waals surface area contributed by atoms with E-state index < -0.39 is 11.6 Å². The Bertz CT molecular complexity index is 754. The summed E-state index contributed by atoms with van der Waals surface area (Å²) in [6.07, 6.45) is 1.71. The monoisotopic (exact) mass is 350 g/mol. The van der Waals surface area contributed by atoms with E-state index in [2.05, 4.69) is 5.32 Å². The molecule has 2 amide bonds. The van der Waals surface area contributed by atoms with E-state index in [0.29, 0.717) is 25.8 Å². The van der Waals surface area contributed by atoms with Gasteiger partial charge in [0.15, 0.2) is 0 Å². The predicted molar refractivity (Wildman–Crippen MR) is 102 cm³/mol. The molecule has 4 nitrogen and oxygen atoms in total. The Morgan fingerprint density at radius 3 is 1.96 bits per heavy atom. The van der Waals surface area contributed by atoms with Crippen LogP contribution >= 0.6 is 0 Å². The molecule has 1 aliphatic rings. The number of benzene rings is 2. The molecular formula is C22H26N2O2. The largest absolute Gasteiger partial charge is 0.340 e. The molecule has 1 aliphatic heterocycles. The molecule has 1 atom stereocenters. The molecule has 1 saturated heterocycles. The minimum Gasteiger partial charge on any atom is -0.340 e. The van der Waals surface area contributed by atoms with Crippen molar-refractivity contribution in [1.29, 1.82) is 0 Å². The summed E-state index contributed by atoms with van der Waals surface area (Å²) in [6.45, 7) is 4.37. The molecule has 1 N–H and O–H groups in total. The highest BCUT2D eigenvalue weighted by Crippen LogP contribution is 2.28. The third kappa shape index (κ3) is 3.50. The summed E-state index contributed by atoms with van der Waals surface area (Å²) in [5.74, 6) is -0.0417. The van der Waals surface area contributed by atoms with Gasteiger partial charge in [0, 0.05) is 13.0 Å². The van der Waals surface area contributed by atoms with E-state index in [9.17, 15) is 9.59 Å². The third-order valence-corrected chi connectivity index (χ3v) is 5.39. The van der Waals surface area contributed by atoms with Crippen molar-refractivity contribution in [2.75, 3.05) is 0 Å². The van der Waals surface area contributed by atoms with E-state index in [4.69, 9.17) is 0 Å². The topological polar surface area (TPSA) is 49.4 Å². The van der Waals surface area contributed by atoms with Gasteiger partial charge in [-0.1, -0.05) is 74.5 Å². The van der Waals surface area contributed by atoms with Crippen LogP contribution in [0.5, 0.6) is 0 Å². The molecule has 26 heavy (non-hydrogen) atoms. The maximum Gasteiger partial charge on any atom is 0.249 e. The minimum atomic E-state index is -0.793. The van der Waals surface area contributed by atoms with Gasteiger partial charge in [-0.2, -0.15) is 0 Å². The molecule has 0 spiro atoms. The maximum atomic E-state index is 13.4. The number of amides is 2. The van der Waals surface area contributed by atoms with Gasteiger partial charge in [-0.3, -0.25) is 9.59 Å². The van der Waals surface area contributed by atoms with E-state index in [1.807, 2.05) is 74.5 Å². The van der Waals surface area contributed by atoms with Crippen molar-refractivity contribution in [3.8, 4) is 0 Å². The van der Waals surface area contributed by atoms with Crippen molar-refractivity contribution in [1.82, 2.24) is 10.2 Å². The summed E-state index contributed by atoms with van der Waals surface area (Å²) in [6, 6.07) is 19.3. The van der Waals surface area contributed by atoms with Crippen LogP contribution in [0, 0.1) is 0 Å². The number of nitrogens with one attached hydrogen (secondary N) is 1. The molecule has 1 heterocycles. The van der Waals surface area contributed by atoms with E-state index in [0.717, 1.165) is 11.1 Å². The molecule has 2 aromatic carbocycles. The second kappa shape index (κ2) is 7.73. The zero-order valence-electron chi connectivity index (χ0n) is 15.4. The number of carbonyl (C=O) groups excluding carboxylic acids is 2. The Hall–Kier alpha value is -2.62. The van der Waals surface area contributed by atoms with Crippen LogP contribution in [0.3, 0.4) is 0 Å². The Balaban J connectivity index is 1.94. The van der Waals surface area contributed by atoms with Gasteiger partial charge < -0.3 is 10.2 Å². The van der Waals surface area contributed by atoms with Crippen molar-refractivity contribution < 1.29 is 9.59 Å². The molecule has 3 rings (SSSR count). The van der Waals surface area contributed by atoms with Crippen LogP contribution in [0.4, 0.5) is 0 Å². The molecule has 136 valence electrons. The highest BCUT2D eigenvalue weighted by atomic mass is 16.2. The number of rotatable bonds is 6. The quantitative estimate of drug-likeness (QED) is 0.869. The highest BCUT2D eigenvalue weighted by molar-refractivity contribution is 5.99. The number of nitrogens with zero attached hydrogens (tertiary/aromatic N) is 1. The Kier molecular flexibility index (Phi) is 5.40. The van der Waals surface area contributed by atoms with Gasteiger partial charge in [-0.05, 0) is 24.0 Å². The van der Waals surface area contributed by atoms with Gasteiger partial charge in [0.1, 0.15) is 11.6 Å². The molecule has 1 fully saturated rings. The van der Waals surface area contributed by atoms with Crippen LogP contribution in [0.25, 0.3) is 0 Å². The van der Waals surface area contributed by atoms with Gasteiger partial charge in [0.25, 0.3) is 0 Å². The Morgan fingerprint density at radius 1 is 0.885 bits per heavy atom. The molecule has 2 aromatic rings. The molecule has 1 unspecified atom stereocenters. The van der Waals surface area contributed by atoms with Gasteiger partial charge in [0.2, 0.25) is 11.8 Å². The van der Waals surface area contributed by atoms with Crippen LogP contribution in [-0.4, -0.2) is 28.3 Å². The van der Waals surface area contributed by atoms with Crippen molar-refractivity contribution in [2.24, 2.45) is 0 Å². The zero-order chi connectivity index (χ0) is 18.6. The molecular weight excluding hydrogens is 324 g/mol. The number of hydrogen-bond donors (Lipinski definition) is 1. The molecule has 0 aromatic heterocycles. The van der Waals surface area contributed by atoms with Gasteiger partial charge in [0.05, 0.1) is 0 Å². The summed E-state index contributed by atoms with van der Waals surface area (Å²) in [7, 11) is 0. The lowest BCUT2D eigenvalue weighted by Crippen LogP contribution is -2.70. The standard InChI is InChI=1S/C22H26N2O2/c1-3-22(4-2)21(26)24(16-18-13-9-6-10-14-18)19(20(25)23-22)15-17-11-7-5-8-12-17/h5-14,19H,3-4,15-16H2,1-2H3,(H,23,25). The van der Waals surface area contributed by atoms with Crippen LogP contribution in [0.2, 0.25) is 0 Å². The molecule has 0 radical (unpaired) electrons. The van der Waals surface area contributed by atoms with E-state index in [1.165, 1.54) is 0 Å². The third-order valence-electron chi connectivity index (χ3n) is 5.39. The van der Waals surface area contributed by atoms with Crippen LogP contribution in [0.1, 0.15) is 37.8 Å². The fourth-order valence-corrected chi connectivity index (χ4v) is 3.66. The van der Waals surface area contributed by atoms with Crippen LogP contribution in [-0.2, 0) is 22.6 Å². The predicted octanol–water partition coefficient (Wildman–Crippen LogP) is 3.32.